The van der Waals surface area contributed by atoms with Crippen molar-refractivity contribution < 1.29 is 24.2 Å². The number of methoxy groups -OCH3 is 2. The van der Waals surface area contributed by atoms with Crippen molar-refractivity contribution in [1.82, 2.24) is 10.6 Å². The van der Waals surface area contributed by atoms with Gasteiger partial charge in [0, 0.05) is 32.0 Å². The molecule has 3 rings (SSSR count). The number of amides is 2. The number of carbonyl (C=O) groups excluding carboxylic acids is 2. The lowest BCUT2D eigenvalue weighted by atomic mass is 9.80. The number of hydrogen-bond acceptors (Lipinski definition) is 6. The number of benzene rings is 3. The summed E-state index contributed by atoms with van der Waals surface area (Å²) in [6.07, 6.45) is -0.620. The first-order valence-electron chi connectivity index (χ1n) is 12.6. The van der Waals surface area contributed by atoms with Crippen molar-refractivity contribution in [2.24, 2.45) is 17.6 Å². The lowest BCUT2D eigenvalue weighted by molar-refractivity contribution is -0.131. The van der Waals surface area contributed by atoms with Gasteiger partial charge in [0.15, 0.2) is 0 Å². The molecule has 5 N–H and O–H groups in total. The molecule has 3 atom stereocenters. The second kappa shape index (κ2) is 14.8. The number of rotatable bonds is 15. The molecular weight excluding hydrogens is 482 g/mol. The second-order valence-electron chi connectivity index (χ2n) is 9.24. The van der Waals surface area contributed by atoms with E-state index in [0.717, 1.165) is 28.2 Å². The molecule has 1 unspecified atom stereocenters. The van der Waals surface area contributed by atoms with Crippen molar-refractivity contribution in [3.8, 4) is 11.5 Å². The Hall–Kier alpha value is -3.88. The number of nitrogens with one attached hydrogen (secondary N) is 2. The van der Waals surface area contributed by atoms with Crippen LogP contribution < -0.4 is 25.8 Å². The Morgan fingerprint density at radius 3 is 2.18 bits per heavy atom. The second-order valence-corrected chi connectivity index (χ2v) is 9.24. The molecular formula is C30H37N3O5. The minimum atomic E-state index is -0.910. The SMILES string of the molecule is COc1ccc(CNC(=O)CC(C(N)=O)[C@H](Cc2ccccc2)[C@@H](O)CNCc2cccc(OC)c2)cc1. The predicted octanol–water partition coefficient (Wildman–Crippen LogP) is 2.82. The van der Waals surface area contributed by atoms with Crippen molar-refractivity contribution in [2.45, 2.75) is 32.0 Å². The minimum absolute atomic E-state index is 0.115. The summed E-state index contributed by atoms with van der Waals surface area (Å²) in [5.41, 5.74) is 8.64. The third-order valence-electron chi connectivity index (χ3n) is 6.56. The molecule has 0 aliphatic rings. The van der Waals surface area contributed by atoms with Crippen LogP contribution in [-0.4, -0.2) is 43.8 Å². The molecule has 0 heterocycles. The van der Waals surface area contributed by atoms with E-state index in [9.17, 15) is 14.7 Å². The smallest absolute Gasteiger partial charge is 0.221 e. The Morgan fingerprint density at radius 1 is 0.842 bits per heavy atom. The summed E-state index contributed by atoms with van der Waals surface area (Å²) in [6, 6.07) is 24.6. The Labute approximate surface area is 224 Å². The van der Waals surface area contributed by atoms with E-state index < -0.39 is 23.8 Å². The molecule has 0 bridgehead atoms. The van der Waals surface area contributed by atoms with Crippen LogP contribution in [0.15, 0.2) is 78.9 Å². The number of primary amides is 1. The maximum absolute atomic E-state index is 12.8. The number of carbonyl (C=O) groups is 2. The summed E-state index contributed by atoms with van der Waals surface area (Å²) in [6.45, 7) is 1.05. The summed E-state index contributed by atoms with van der Waals surface area (Å²) in [4.78, 5) is 25.4. The Bertz CT molecular complexity index is 1150. The van der Waals surface area contributed by atoms with Crippen molar-refractivity contribution >= 4 is 11.8 Å². The Balaban J connectivity index is 1.66. The average molecular weight is 520 g/mol. The summed E-state index contributed by atoms with van der Waals surface area (Å²) in [7, 11) is 3.21. The highest BCUT2D eigenvalue weighted by Gasteiger charge is 2.34. The van der Waals surface area contributed by atoms with Crippen LogP contribution in [-0.2, 0) is 29.1 Å². The maximum atomic E-state index is 12.8. The predicted molar refractivity (Wildman–Crippen MR) is 146 cm³/mol. The molecule has 2 amide bonds. The molecule has 0 radical (unpaired) electrons. The van der Waals surface area contributed by atoms with Crippen LogP contribution in [0.5, 0.6) is 11.5 Å². The van der Waals surface area contributed by atoms with E-state index in [1.54, 1.807) is 14.2 Å². The van der Waals surface area contributed by atoms with E-state index in [1.165, 1.54) is 0 Å². The molecule has 0 spiro atoms. The average Bonchev–Trinajstić information content (AvgIpc) is 2.94. The van der Waals surface area contributed by atoms with Gasteiger partial charge in [0.25, 0.3) is 0 Å². The summed E-state index contributed by atoms with van der Waals surface area (Å²) < 4.78 is 10.4. The van der Waals surface area contributed by atoms with Gasteiger partial charge in [0.2, 0.25) is 11.8 Å². The van der Waals surface area contributed by atoms with E-state index in [-0.39, 0.29) is 18.9 Å². The third kappa shape index (κ3) is 8.90. The van der Waals surface area contributed by atoms with Gasteiger partial charge in [-0.15, -0.1) is 0 Å². The number of aliphatic hydroxyl groups is 1. The van der Waals surface area contributed by atoms with E-state index >= 15 is 0 Å². The van der Waals surface area contributed by atoms with Gasteiger partial charge in [-0.3, -0.25) is 9.59 Å². The van der Waals surface area contributed by atoms with Gasteiger partial charge in [-0.05, 0) is 47.4 Å². The van der Waals surface area contributed by atoms with Crippen LogP contribution in [0, 0.1) is 11.8 Å². The van der Waals surface area contributed by atoms with Crippen molar-refractivity contribution in [3.05, 3.63) is 95.6 Å². The molecule has 202 valence electrons. The van der Waals surface area contributed by atoms with Crippen LogP contribution in [0.1, 0.15) is 23.1 Å². The van der Waals surface area contributed by atoms with Gasteiger partial charge in [0.05, 0.1) is 26.2 Å². The van der Waals surface area contributed by atoms with Gasteiger partial charge < -0.3 is 30.9 Å². The highest BCUT2D eigenvalue weighted by molar-refractivity contribution is 5.85. The molecule has 0 aliphatic carbocycles. The number of nitrogens with two attached hydrogens (primary N) is 1. The molecule has 3 aromatic carbocycles. The van der Waals surface area contributed by atoms with Crippen LogP contribution in [0.4, 0.5) is 0 Å². The number of hydrogen-bond donors (Lipinski definition) is 4. The van der Waals surface area contributed by atoms with Crippen molar-refractivity contribution in [1.29, 1.82) is 0 Å². The van der Waals surface area contributed by atoms with E-state index in [1.807, 2.05) is 78.9 Å². The lowest BCUT2D eigenvalue weighted by Crippen LogP contribution is -2.44. The van der Waals surface area contributed by atoms with Crippen LogP contribution in [0.2, 0.25) is 0 Å². The lowest BCUT2D eigenvalue weighted by Gasteiger charge is -2.29. The fourth-order valence-electron chi connectivity index (χ4n) is 4.41. The quantitative estimate of drug-likeness (QED) is 0.245. The zero-order chi connectivity index (χ0) is 27.3. The van der Waals surface area contributed by atoms with Gasteiger partial charge >= 0.3 is 0 Å². The molecule has 3 aromatic rings. The molecule has 0 aromatic heterocycles. The van der Waals surface area contributed by atoms with Gasteiger partial charge in [-0.25, -0.2) is 0 Å². The van der Waals surface area contributed by atoms with E-state index in [2.05, 4.69) is 10.6 Å². The first kappa shape index (κ1) is 28.7. The third-order valence-corrected chi connectivity index (χ3v) is 6.56. The Kier molecular flexibility index (Phi) is 11.1. The number of aliphatic hydroxyl groups excluding tert-OH is 1. The monoisotopic (exact) mass is 519 g/mol. The molecule has 0 aliphatic heterocycles. The zero-order valence-electron chi connectivity index (χ0n) is 21.9. The number of ether oxygens (including phenoxy) is 2. The highest BCUT2D eigenvalue weighted by atomic mass is 16.5. The first-order chi connectivity index (χ1) is 18.4. The topological polar surface area (TPSA) is 123 Å². The largest absolute Gasteiger partial charge is 0.497 e. The fourth-order valence-corrected chi connectivity index (χ4v) is 4.41. The van der Waals surface area contributed by atoms with Crippen LogP contribution >= 0.6 is 0 Å². The minimum Gasteiger partial charge on any atom is -0.497 e. The molecule has 38 heavy (non-hydrogen) atoms. The summed E-state index contributed by atoms with van der Waals surface area (Å²) in [5.74, 6) is -0.844. The van der Waals surface area contributed by atoms with Crippen LogP contribution in [0.25, 0.3) is 0 Å². The Morgan fingerprint density at radius 2 is 1.53 bits per heavy atom. The first-order valence-corrected chi connectivity index (χ1v) is 12.6. The van der Waals surface area contributed by atoms with Crippen LogP contribution in [0.3, 0.4) is 0 Å². The van der Waals surface area contributed by atoms with E-state index in [0.29, 0.717) is 19.5 Å². The van der Waals surface area contributed by atoms with Crippen molar-refractivity contribution in [2.75, 3.05) is 20.8 Å². The summed E-state index contributed by atoms with van der Waals surface area (Å²) >= 11 is 0. The van der Waals surface area contributed by atoms with E-state index in [4.69, 9.17) is 15.2 Å². The van der Waals surface area contributed by atoms with Gasteiger partial charge in [-0.2, -0.15) is 0 Å². The molecule has 8 nitrogen and oxygen atoms in total. The molecule has 0 fully saturated rings. The maximum Gasteiger partial charge on any atom is 0.221 e. The highest BCUT2D eigenvalue weighted by Crippen LogP contribution is 2.25. The summed E-state index contributed by atoms with van der Waals surface area (Å²) in [5, 5.41) is 17.3. The van der Waals surface area contributed by atoms with Gasteiger partial charge in [0.1, 0.15) is 11.5 Å². The molecule has 0 saturated heterocycles. The van der Waals surface area contributed by atoms with Crippen molar-refractivity contribution in [3.63, 3.8) is 0 Å². The molecule has 0 saturated carbocycles. The standard InChI is InChI=1S/C30H37N3O5/c1-37-24-13-11-22(12-14-24)19-33-29(35)17-27(30(31)36)26(16-21-7-4-3-5-8-21)28(34)20-32-18-23-9-6-10-25(15-23)38-2/h3-15,26-28,32,34H,16-20H2,1-2H3,(H2,31,36)(H,33,35)/t26-,27?,28-/m0/s1. The van der Waals surface area contributed by atoms with Gasteiger partial charge in [-0.1, -0.05) is 54.6 Å². The fraction of sp³-hybridized carbons (Fsp3) is 0.333. The normalized spacial score (nSPS) is 13.2. The molecule has 8 heteroatoms. The zero-order valence-corrected chi connectivity index (χ0v) is 21.9.